The molecule has 0 spiro atoms. The third-order valence-corrected chi connectivity index (χ3v) is 4.08. The maximum absolute atomic E-state index is 12.4. The molecule has 126 valence electrons. The van der Waals surface area contributed by atoms with Crippen LogP contribution >= 0.6 is 0 Å². The van der Waals surface area contributed by atoms with E-state index in [0.717, 1.165) is 12.0 Å². The molecular formula is C16H19N5O3. The van der Waals surface area contributed by atoms with Crippen molar-refractivity contribution in [3.8, 4) is 0 Å². The second kappa shape index (κ2) is 6.69. The molecule has 0 aliphatic carbocycles. The number of methoxy groups -OCH3 is 1. The summed E-state index contributed by atoms with van der Waals surface area (Å²) >= 11 is 0. The molecule has 1 saturated heterocycles. The van der Waals surface area contributed by atoms with E-state index in [-0.39, 0.29) is 6.03 Å². The second-order valence-electron chi connectivity index (χ2n) is 5.76. The maximum atomic E-state index is 12.4. The van der Waals surface area contributed by atoms with Crippen molar-refractivity contribution in [1.82, 2.24) is 19.7 Å². The standard InChI is InChI=1S/C16H19N5O3/c1-20-9-13(7-18-20)11-3-4-21(10-11)16(23)19-14-5-12(6-17-8-14)15(22)24-2/h5-9,11H,3-4,10H2,1-2H3,(H,19,23)/t11-/m0/s1. The largest absolute Gasteiger partial charge is 0.465 e. The molecular weight excluding hydrogens is 310 g/mol. The predicted molar refractivity (Wildman–Crippen MR) is 86.7 cm³/mol. The number of carbonyl (C=O) groups is 2. The van der Waals surface area contributed by atoms with Gasteiger partial charge < -0.3 is 15.0 Å². The van der Waals surface area contributed by atoms with Gasteiger partial charge in [-0.1, -0.05) is 0 Å². The van der Waals surface area contributed by atoms with Gasteiger partial charge in [-0.2, -0.15) is 5.10 Å². The van der Waals surface area contributed by atoms with Crippen molar-refractivity contribution < 1.29 is 14.3 Å². The van der Waals surface area contributed by atoms with Crippen LogP contribution in [-0.4, -0.2) is 51.9 Å². The number of anilines is 1. The lowest BCUT2D eigenvalue weighted by atomic mass is 10.0. The number of nitrogens with zero attached hydrogens (tertiary/aromatic N) is 4. The summed E-state index contributed by atoms with van der Waals surface area (Å²) in [6, 6.07) is 1.34. The smallest absolute Gasteiger partial charge is 0.339 e. The minimum absolute atomic E-state index is 0.204. The van der Waals surface area contributed by atoms with E-state index in [2.05, 4.69) is 20.1 Å². The van der Waals surface area contributed by atoms with Crippen LogP contribution in [0.3, 0.4) is 0 Å². The number of nitrogens with one attached hydrogen (secondary N) is 1. The number of hydrogen-bond donors (Lipinski definition) is 1. The van der Waals surface area contributed by atoms with Gasteiger partial charge in [0.2, 0.25) is 0 Å². The molecule has 1 aliphatic heterocycles. The molecule has 0 aromatic carbocycles. The Morgan fingerprint density at radius 3 is 2.88 bits per heavy atom. The fourth-order valence-electron chi connectivity index (χ4n) is 2.81. The van der Waals surface area contributed by atoms with E-state index >= 15 is 0 Å². The number of amides is 2. The molecule has 2 amide bonds. The van der Waals surface area contributed by atoms with Gasteiger partial charge in [0, 0.05) is 38.4 Å². The van der Waals surface area contributed by atoms with Gasteiger partial charge >= 0.3 is 12.0 Å². The number of likely N-dealkylation sites (tertiary alicyclic amines) is 1. The summed E-state index contributed by atoms with van der Waals surface area (Å²) in [4.78, 5) is 29.6. The number of rotatable bonds is 3. The average molecular weight is 329 g/mol. The Morgan fingerprint density at radius 1 is 1.33 bits per heavy atom. The first kappa shape index (κ1) is 16.0. The van der Waals surface area contributed by atoms with E-state index in [0.29, 0.717) is 30.3 Å². The first-order valence-electron chi connectivity index (χ1n) is 7.64. The number of hydrogen-bond acceptors (Lipinski definition) is 5. The number of carbonyl (C=O) groups excluding carboxylic acids is 2. The Bertz CT molecular complexity index is 758. The van der Waals surface area contributed by atoms with E-state index in [9.17, 15) is 9.59 Å². The molecule has 8 nitrogen and oxygen atoms in total. The predicted octanol–water partition coefficient (Wildman–Crippen LogP) is 1.62. The van der Waals surface area contributed by atoms with Gasteiger partial charge in [0.1, 0.15) is 0 Å². The number of esters is 1. The van der Waals surface area contributed by atoms with Crippen molar-refractivity contribution in [2.75, 3.05) is 25.5 Å². The highest BCUT2D eigenvalue weighted by Gasteiger charge is 2.28. The van der Waals surface area contributed by atoms with E-state index in [1.54, 1.807) is 15.6 Å². The summed E-state index contributed by atoms with van der Waals surface area (Å²) in [6.45, 7) is 1.32. The summed E-state index contributed by atoms with van der Waals surface area (Å²) in [6.07, 6.45) is 7.62. The van der Waals surface area contributed by atoms with Crippen molar-refractivity contribution in [2.45, 2.75) is 12.3 Å². The van der Waals surface area contributed by atoms with Gasteiger partial charge in [0.05, 0.1) is 30.8 Å². The van der Waals surface area contributed by atoms with E-state index < -0.39 is 5.97 Å². The molecule has 8 heteroatoms. The number of pyridine rings is 1. The Balaban J connectivity index is 1.63. The third kappa shape index (κ3) is 3.37. The van der Waals surface area contributed by atoms with Crippen molar-refractivity contribution >= 4 is 17.7 Å². The maximum Gasteiger partial charge on any atom is 0.339 e. The molecule has 1 atom stereocenters. The fraction of sp³-hybridized carbons (Fsp3) is 0.375. The molecule has 2 aromatic rings. The van der Waals surface area contributed by atoms with E-state index in [1.165, 1.54) is 19.5 Å². The zero-order valence-corrected chi connectivity index (χ0v) is 13.6. The molecule has 0 unspecified atom stereocenters. The fourth-order valence-corrected chi connectivity index (χ4v) is 2.81. The molecule has 0 bridgehead atoms. The van der Waals surface area contributed by atoms with Gasteiger partial charge in [0.15, 0.2) is 0 Å². The third-order valence-electron chi connectivity index (χ3n) is 4.08. The van der Waals surface area contributed by atoms with E-state index in [4.69, 9.17) is 0 Å². The summed E-state index contributed by atoms with van der Waals surface area (Å²) < 4.78 is 6.42. The summed E-state index contributed by atoms with van der Waals surface area (Å²) in [5, 5.41) is 6.95. The zero-order chi connectivity index (χ0) is 17.1. The van der Waals surface area contributed by atoms with Crippen LogP contribution in [0, 0.1) is 0 Å². The topological polar surface area (TPSA) is 89.3 Å². The minimum atomic E-state index is -0.489. The molecule has 1 aliphatic rings. The number of aromatic nitrogens is 3. The number of urea groups is 1. The second-order valence-corrected chi connectivity index (χ2v) is 5.76. The van der Waals surface area contributed by atoms with Crippen molar-refractivity contribution in [1.29, 1.82) is 0 Å². The Morgan fingerprint density at radius 2 is 2.17 bits per heavy atom. The monoisotopic (exact) mass is 329 g/mol. The molecule has 0 radical (unpaired) electrons. The van der Waals surface area contributed by atoms with Crippen molar-refractivity contribution in [3.05, 3.63) is 42.0 Å². The highest BCUT2D eigenvalue weighted by Crippen LogP contribution is 2.27. The van der Waals surface area contributed by atoms with Crippen LogP contribution in [0.25, 0.3) is 0 Å². The molecule has 1 N–H and O–H groups in total. The van der Waals surface area contributed by atoms with Gasteiger partial charge in [-0.05, 0) is 18.1 Å². The van der Waals surface area contributed by atoms with Gasteiger partial charge in [-0.25, -0.2) is 9.59 Å². The molecule has 24 heavy (non-hydrogen) atoms. The van der Waals surface area contributed by atoms with Gasteiger partial charge in [-0.3, -0.25) is 9.67 Å². The first-order valence-corrected chi connectivity index (χ1v) is 7.64. The molecule has 3 heterocycles. The number of ether oxygens (including phenoxy) is 1. The van der Waals surface area contributed by atoms with E-state index in [1.807, 2.05) is 19.4 Å². The average Bonchev–Trinajstić information content (AvgIpc) is 3.23. The van der Waals surface area contributed by atoms with Crippen LogP contribution in [0.1, 0.15) is 28.3 Å². The highest BCUT2D eigenvalue weighted by atomic mass is 16.5. The minimum Gasteiger partial charge on any atom is -0.465 e. The van der Waals surface area contributed by atoms with Crippen molar-refractivity contribution in [3.63, 3.8) is 0 Å². The van der Waals surface area contributed by atoms with Crippen LogP contribution in [0.15, 0.2) is 30.9 Å². The normalized spacial score (nSPS) is 16.9. The van der Waals surface area contributed by atoms with Crippen molar-refractivity contribution in [2.24, 2.45) is 7.05 Å². The first-order chi connectivity index (χ1) is 11.6. The SMILES string of the molecule is COC(=O)c1cncc(NC(=O)N2CC[C@H](c3cnn(C)c3)C2)c1. The van der Waals surface area contributed by atoms with Crippen LogP contribution in [0.2, 0.25) is 0 Å². The van der Waals surface area contributed by atoms with Gasteiger partial charge in [0.25, 0.3) is 0 Å². The summed E-state index contributed by atoms with van der Waals surface area (Å²) in [7, 11) is 3.18. The Labute approximate surface area is 139 Å². The summed E-state index contributed by atoms with van der Waals surface area (Å²) in [5.74, 6) is -0.194. The number of aryl methyl sites for hydroxylation is 1. The van der Waals surface area contributed by atoms with Crippen LogP contribution < -0.4 is 5.32 Å². The van der Waals surface area contributed by atoms with Crippen LogP contribution in [-0.2, 0) is 11.8 Å². The van der Waals surface area contributed by atoms with Gasteiger partial charge in [-0.15, -0.1) is 0 Å². The lowest BCUT2D eigenvalue weighted by molar-refractivity contribution is 0.0600. The molecule has 2 aromatic heterocycles. The lowest BCUT2D eigenvalue weighted by Gasteiger charge is -2.17. The Kier molecular flexibility index (Phi) is 4.45. The lowest BCUT2D eigenvalue weighted by Crippen LogP contribution is -2.32. The van der Waals surface area contributed by atoms with Crippen LogP contribution in [0.5, 0.6) is 0 Å². The molecule has 0 saturated carbocycles. The quantitative estimate of drug-likeness (QED) is 0.864. The van der Waals surface area contributed by atoms with Crippen LogP contribution in [0.4, 0.5) is 10.5 Å². The molecule has 1 fully saturated rings. The highest BCUT2D eigenvalue weighted by molar-refractivity contribution is 5.93. The summed E-state index contributed by atoms with van der Waals surface area (Å²) in [5.41, 5.74) is 1.90. The molecule has 3 rings (SSSR count). The Hall–Kier alpha value is -2.90. The zero-order valence-electron chi connectivity index (χ0n) is 13.6.